The lowest BCUT2D eigenvalue weighted by atomic mass is 10.1. The highest BCUT2D eigenvalue weighted by molar-refractivity contribution is 5.50. The molecule has 1 atom stereocenters. The van der Waals surface area contributed by atoms with E-state index in [1.54, 1.807) is 24.4 Å². The van der Waals surface area contributed by atoms with E-state index in [2.05, 4.69) is 4.99 Å². The molecule has 2 rings (SSSR count). The molecule has 94 valence electrons. The minimum atomic E-state index is 0.336. The van der Waals surface area contributed by atoms with Crippen LogP contribution in [0.3, 0.4) is 0 Å². The summed E-state index contributed by atoms with van der Waals surface area (Å²) in [6.45, 7) is 1.26. The number of ether oxygens (including phenoxy) is 1. The van der Waals surface area contributed by atoms with Crippen molar-refractivity contribution in [2.75, 3.05) is 20.2 Å². The molecule has 0 fully saturated rings. The molecule has 0 aliphatic carbocycles. The van der Waals surface area contributed by atoms with Crippen LogP contribution in [0.25, 0.3) is 0 Å². The maximum absolute atomic E-state index is 8.93. The van der Waals surface area contributed by atoms with Crippen molar-refractivity contribution in [2.45, 2.75) is 0 Å². The largest absolute Gasteiger partial charge is 0.488 e. The molecule has 1 aromatic rings. The lowest BCUT2D eigenvalue weighted by Crippen LogP contribution is -2.38. The van der Waals surface area contributed by atoms with Gasteiger partial charge in [0, 0.05) is 0 Å². The number of benzene rings is 1. The Bertz CT molecular complexity index is 607. The van der Waals surface area contributed by atoms with Crippen LogP contribution in [0.2, 0.25) is 0 Å². The molecule has 1 aliphatic rings. The van der Waals surface area contributed by atoms with E-state index in [0.29, 0.717) is 28.0 Å². The van der Waals surface area contributed by atoms with E-state index in [4.69, 9.17) is 15.3 Å². The monoisotopic (exact) mass is 253 g/mol. The molecule has 0 bridgehead atoms. The first-order valence-electron chi connectivity index (χ1n) is 5.81. The van der Waals surface area contributed by atoms with Gasteiger partial charge in [-0.25, -0.2) is 4.99 Å². The topological polar surface area (TPSA) is 69.2 Å². The van der Waals surface area contributed by atoms with Crippen molar-refractivity contribution in [3.05, 3.63) is 41.7 Å². The predicted molar refractivity (Wildman–Crippen MR) is 70.1 cm³/mol. The standard InChI is InChI=1S/C14H13N4O/c1-18(5-4-17-11-18)6-7-19-14-3-2-12(9-15)13(8-14)10-16/h2-5,8,11H,6-7H2,1H3/q+1. The van der Waals surface area contributed by atoms with Crippen molar-refractivity contribution >= 4 is 6.34 Å². The summed E-state index contributed by atoms with van der Waals surface area (Å²) < 4.78 is 6.20. The fraction of sp³-hybridized carbons (Fsp3) is 0.214. The number of aliphatic imine (C=N–C) groups is 1. The second-order valence-electron chi connectivity index (χ2n) is 4.41. The third kappa shape index (κ3) is 2.98. The summed E-state index contributed by atoms with van der Waals surface area (Å²) in [5, 5.41) is 17.8. The van der Waals surface area contributed by atoms with Gasteiger partial charge in [0.05, 0.1) is 24.4 Å². The van der Waals surface area contributed by atoms with Gasteiger partial charge in [-0.1, -0.05) is 0 Å². The lowest BCUT2D eigenvalue weighted by molar-refractivity contribution is -0.756. The molecular formula is C14H13N4O+. The highest BCUT2D eigenvalue weighted by Gasteiger charge is 2.19. The van der Waals surface area contributed by atoms with Crippen molar-refractivity contribution in [3.8, 4) is 17.9 Å². The van der Waals surface area contributed by atoms with Crippen LogP contribution in [0.1, 0.15) is 11.1 Å². The number of nitrogens with zero attached hydrogens (tertiary/aromatic N) is 4. The lowest BCUT2D eigenvalue weighted by Gasteiger charge is -2.21. The second-order valence-corrected chi connectivity index (χ2v) is 4.41. The molecule has 0 saturated carbocycles. The van der Waals surface area contributed by atoms with Crippen molar-refractivity contribution in [1.29, 1.82) is 10.5 Å². The molecule has 0 amide bonds. The number of likely N-dealkylation sites (N-methyl/N-ethyl adjacent to an activating group) is 1. The Hall–Kier alpha value is -2.63. The van der Waals surface area contributed by atoms with Crippen LogP contribution >= 0.6 is 0 Å². The average Bonchev–Trinajstić information content (AvgIpc) is 2.85. The maximum atomic E-state index is 8.93. The van der Waals surface area contributed by atoms with Crippen LogP contribution in [0.15, 0.2) is 35.6 Å². The highest BCUT2D eigenvalue weighted by atomic mass is 16.5. The molecule has 1 aromatic carbocycles. The third-order valence-electron chi connectivity index (χ3n) is 2.90. The van der Waals surface area contributed by atoms with E-state index in [9.17, 15) is 0 Å². The van der Waals surface area contributed by atoms with Gasteiger partial charge in [-0.2, -0.15) is 10.5 Å². The number of hydrogen-bond acceptors (Lipinski definition) is 4. The molecule has 0 saturated heterocycles. The quantitative estimate of drug-likeness (QED) is 0.768. The van der Waals surface area contributed by atoms with Gasteiger partial charge in [0.25, 0.3) is 0 Å². The Kier molecular flexibility index (Phi) is 3.61. The molecular weight excluding hydrogens is 240 g/mol. The maximum Gasteiger partial charge on any atom is 0.194 e. The van der Waals surface area contributed by atoms with Crippen LogP contribution in [-0.4, -0.2) is 31.0 Å². The fourth-order valence-corrected chi connectivity index (χ4v) is 1.72. The van der Waals surface area contributed by atoms with Gasteiger partial charge in [0.1, 0.15) is 37.2 Å². The van der Waals surface area contributed by atoms with Crippen molar-refractivity contribution in [3.63, 3.8) is 0 Å². The van der Waals surface area contributed by atoms with Crippen molar-refractivity contribution in [1.82, 2.24) is 0 Å². The minimum absolute atomic E-state index is 0.336. The van der Waals surface area contributed by atoms with E-state index < -0.39 is 0 Å². The van der Waals surface area contributed by atoms with E-state index in [1.165, 1.54) is 0 Å². The van der Waals surface area contributed by atoms with Crippen LogP contribution < -0.4 is 4.74 Å². The molecule has 0 spiro atoms. The molecule has 19 heavy (non-hydrogen) atoms. The normalized spacial score (nSPS) is 19.9. The summed E-state index contributed by atoms with van der Waals surface area (Å²) in [6.07, 6.45) is 5.57. The molecule has 1 aliphatic heterocycles. The van der Waals surface area contributed by atoms with Crippen LogP contribution in [0.4, 0.5) is 0 Å². The minimum Gasteiger partial charge on any atom is -0.488 e. The predicted octanol–water partition coefficient (Wildman–Crippen LogP) is 1.77. The van der Waals surface area contributed by atoms with E-state index in [0.717, 1.165) is 6.54 Å². The molecule has 5 nitrogen and oxygen atoms in total. The summed E-state index contributed by atoms with van der Waals surface area (Å²) in [6, 6.07) is 8.85. The molecule has 0 radical (unpaired) electrons. The van der Waals surface area contributed by atoms with Crippen molar-refractivity contribution < 1.29 is 9.22 Å². The summed E-state index contributed by atoms with van der Waals surface area (Å²) in [5.74, 6) is 0.599. The van der Waals surface area contributed by atoms with Gasteiger partial charge in [-0.05, 0) is 18.2 Å². The second kappa shape index (κ2) is 5.34. The molecule has 0 aromatic heterocycles. The first kappa shape index (κ1) is 12.8. The summed E-state index contributed by atoms with van der Waals surface area (Å²) in [4.78, 5) is 4.04. The van der Waals surface area contributed by atoms with E-state index >= 15 is 0 Å². The zero-order valence-corrected chi connectivity index (χ0v) is 10.6. The Morgan fingerprint density at radius 1 is 1.26 bits per heavy atom. The highest BCUT2D eigenvalue weighted by Crippen LogP contribution is 2.17. The van der Waals surface area contributed by atoms with Crippen LogP contribution in [0, 0.1) is 22.7 Å². The summed E-state index contributed by atoms with van der Waals surface area (Å²) in [5.41, 5.74) is 0.700. The molecule has 1 heterocycles. The Labute approximate surface area is 111 Å². The van der Waals surface area contributed by atoms with Gasteiger partial charge in [0.2, 0.25) is 0 Å². The summed E-state index contributed by atoms with van der Waals surface area (Å²) >= 11 is 0. The number of rotatable bonds is 4. The Morgan fingerprint density at radius 2 is 2.05 bits per heavy atom. The first-order chi connectivity index (χ1) is 9.17. The average molecular weight is 253 g/mol. The zero-order chi connectivity index (χ0) is 13.7. The van der Waals surface area contributed by atoms with Crippen LogP contribution in [-0.2, 0) is 0 Å². The Morgan fingerprint density at radius 3 is 2.68 bits per heavy atom. The molecule has 0 N–H and O–H groups in total. The van der Waals surface area contributed by atoms with Crippen molar-refractivity contribution in [2.24, 2.45) is 4.99 Å². The summed E-state index contributed by atoms with van der Waals surface area (Å²) in [7, 11) is 2.02. The number of hydrogen-bond donors (Lipinski definition) is 0. The van der Waals surface area contributed by atoms with Gasteiger partial charge in [-0.15, -0.1) is 0 Å². The number of quaternary nitrogens is 1. The fourth-order valence-electron chi connectivity index (χ4n) is 1.72. The number of nitriles is 2. The third-order valence-corrected chi connectivity index (χ3v) is 2.90. The zero-order valence-electron chi connectivity index (χ0n) is 10.6. The van der Waals surface area contributed by atoms with E-state index in [1.807, 2.05) is 31.7 Å². The van der Waals surface area contributed by atoms with Gasteiger partial charge in [-0.3, -0.25) is 4.48 Å². The Balaban J connectivity index is 1.97. The SMILES string of the molecule is C[N+]1(CCOc2ccc(C#N)c(C#N)c2)C=CN=C1. The van der Waals surface area contributed by atoms with Gasteiger partial charge < -0.3 is 4.74 Å². The van der Waals surface area contributed by atoms with Gasteiger partial charge >= 0.3 is 0 Å². The smallest absolute Gasteiger partial charge is 0.194 e. The molecule has 1 unspecified atom stereocenters. The van der Waals surface area contributed by atoms with Crippen LogP contribution in [0.5, 0.6) is 5.75 Å². The first-order valence-corrected chi connectivity index (χ1v) is 5.81. The van der Waals surface area contributed by atoms with Gasteiger partial charge in [0.15, 0.2) is 6.34 Å². The molecule has 5 heteroatoms. The van der Waals surface area contributed by atoms with E-state index in [-0.39, 0.29) is 0 Å².